The van der Waals surface area contributed by atoms with Crippen LogP contribution in [0.15, 0.2) is 30.3 Å². The van der Waals surface area contributed by atoms with Crippen molar-refractivity contribution in [2.45, 2.75) is 26.8 Å². The zero-order valence-corrected chi connectivity index (χ0v) is 11.5. The molecular formula is C15H23NO2. The SMILES string of the molecule is CC(C)C1CCN(Cc2ccccc2)C1=O.CO. The minimum absolute atomic E-state index is 0.240. The molecule has 1 N–H and O–H groups in total. The van der Waals surface area contributed by atoms with Gasteiger partial charge in [0.05, 0.1) is 0 Å². The molecular weight excluding hydrogens is 226 g/mol. The van der Waals surface area contributed by atoms with Crippen LogP contribution in [0.2, 0.25) is 0 Å². The van der Waals surface area contributed by atoms with E-state index < -0.39 is 0 Å². The van der Waals surface area contributed by atoms with Crippen LogP contribution in [0, 0.1) is 11.8 Å². The van der Waals surface area contributed by atoms with Crippen molar-refractivity contribution in [2.75, 3.05) is 13.7 Å². The second-order valence-corrected chi connectivity index (χ2v) is 4.88. The quantitative estimate of drug-likeness (QED) is 0.893. The summed E-state index contributed by atoms with van der Waals surface area (Å²) in [6, 6.07) is 10.2. The molecule has 1 amide bonds. The largest absolute Gasteiger partial charge is 0.400 e. The van der Waals surface area contributed by atoms with Crippen molar-refractivity contribution in [1.29, 1.82) is 0 Å². The van der Waals surface area contributed by atoms with Crippen molar-refractivity contribution in [1.82, 2.24) is 4.90 Å². The highest BCUT2D eigenvalue weighted by molar-refractivity contribution is 5.81. The number of rotatable bonds is 3. The Morgan fingerprint density at radius 3 is 2.39 bits per heavy atom. The van der Waals surface area contributed by atoms with E-state index in [1.165, 1.54) is 5.56 Å². The van der Waals surface area contributed by atoms with Gasteiger partial charge in [-0.05, 0) is 17.9 Å². The first-order chi connectivity index (χ1) is 8.68. The average Bonchev–Trinajstić information content (AvgIpc) is 2.75. The van der Waals surface area contributed by atoms with Crippen LogP contribution in [0.4, 0.5) is 0 Å². The second kappa shape index (κ2) is 7.17. The molecule has 2 rings (SSSR count). The van der Waals surface area contributed by atoms with Gasteiger partial charge in [0.2, 0.25) is 5.91 Å². The molecule has 1 heterocycles. The van der Waals surface area contributed by atoms with E-state index in [1.54, 1.807) is 0 Å². The predicted molar refractivity (Wildman–Crippen MR) is 72.9 cm³/mol. The van der Waals surface area contributed by atoms with E-state index in [0.717, 1.165) is 26.6 Å². The zero-order valence-electron chi connectivity index (χ0n) is 11.5. The average molecular weight is 249 g/mol. The zero-order chi connectivity index (χ0) is 13.5. The van der Waals surface area contributed by atoms with Crippen molar-refractivity contribution in [3.8, 4) is 0 Å². The smallest absolute Gasteiger partial charge is 0.226 e. The van der Waals surface area contributed by atoms with E-state index in [0.29, 0.717) is 11.8 Å². The molecule has 1 aromatic rings. The molecule has 0 radical (unpaired) electrons. The lowest BCUT2D eigenvalue weighted by Gasteiger charge is -2.18. The minimum atomic E-state index is 0.240. The van der Waals surface area contributed by atoms with Crippen LogP contribution < -0.4 is 0 Å². The van der Waals surface area contributed by atoms with Crippen molar-refractivity contribution in [2.24, 2.45) is 11.8 Å². The normalized spacial score (nSPS) is 18.8. The number of aliphatic hydroxyl groups excluding tert-OH is 1. The van der Waals surface area contributed by atoms with Crippen molar-refractivity contribution in [3.63, 3.8) is 0 Å². The van der Waals surface area contributed by atoms with Crippen molar-refractivity contribution < 1.29 is 9.90 Å². The van der Waals surface area contributed by atoms with E-state index >= 15 is 0 Å². The summed E-state index contributed by atoms with van der Waals surface area (Å²) in [4.78, 5) is 14.1. The van der Waals surface area contributed by atoms with Crippen LogP contribution in [0.3, 0.4) is 0 Å². The van der Waals surface area contributed by atoms with Crippen molar-refractivity contribution in [3.05, 3.63) is 35.9 Å². The Balaban J connectivity index is 0.000000771. The second-order valence-electron chi connectivity index (χ2n) is 4.88. The maximum atomic E-state index is 12.1. The fraction of sp³-hybridized carbons (Fsp3) is 0.533. The molecule has 1 atom stereocenters. The molecule has 18 heavy (non-hydrogen) atoms. The Morgan fingerprint density at radius 2 is 1.89 bits per heavy atom. The number of benzene rings is 1. The van der Waals surface area contributed by atoms with E-state index in [-0.39, 0.29) is 5.92 Å². The molecule has 0 aromatic heterocycles. The summed E-state index contributed by atoms with van der Waals surface area (Å²) in [5.74, 6) is 1.04. The number of hydrogen-bond donors (Lipinski definition) is 1. The maximum absolute atomic E-state index is 12.1. The van der Waals surface area contributed by atoms with Crippen LogP contribution in [-0.2, 0) is 11.3 Å². The van der Waals surface area contributed by atoms with Gasteiger partial charge in [-0.25, -0.2) is 0 Å². The number of nitrogens with zero attached hydrogens (tertiary/aromatic N) is 1. The standard InChI is InChI=1S/C14H19NO.CH4O/c1-11(2)13-8-9-15(14(13)16)10-12-6-4-3-5-7-12;1-2/h3-7,11,13H,8-10H2,1-2H3;2H,1H3. The summed E-state index contributed by atoms with van der Waals surface area (Å²) in [5.41, 5.74) is 1.22. The van der Waals surface area contributed by atoms with Gasteiger partial charge in [0, 0.05) is 26.1 Å². The van der Waals surface area contributed by atoms with Crippen LogP contribution in [0.1, 0.15) is 25.8 Å². The van der Waals surface area contributed by atoms with E-state index in [2.05, 4.69) is 26.0 Å². The van der Waals surface area contributed by atoms with Gasteiger partial charge >= 0.3 is 0 Å². The van der Waals surface area contributed by atoms with Gasteiger partial charge in [-0.3, -0.25) is 4.79 Å². The first kappa shape index (κ1) is 14.7. The van der Waals surface area contributed by atoms with E-state index in [1.807, 2.05) is 23.1 Å². The highest BCUT2D eigenvalue weighted by Gasteiger charge is 2.33. The highest BCUT2D eigenvalue weighted by Crippen LogP contribution is 2.26. The minimum Gasteiger partial charge on any atom is -0.400 e. The van der Waals surface area contributed by atoms with Gasteiger partial charge in [-0.15, -0.1) is 0 Å². The Kier molecular flexibility index (Phi) is 5.86. The molecule has 1 aliphatic rings. The Bertz CT molecular complexity index is 362. The molecule has 1 fully saturated rings. The number of hydrogen-bond acceptors (Lipinski definition) is 2. The van der Waals surface area contributed by atoms with Gasteiger partial charge in [0.15, 0.2) is 0 Å². The van der Waals surface area contributed by atoms with Gasteiger partial charge < -0.3 is 10.0 Å². The number of likely N-dealkylation sites (tertiary alicyclic amines) is 1. The van der Waals surface area contributed by atoms with Gasteiger partial charge in [-0.2, -0.15) is 0 Å². The van der Waals surface area contributed by atoms with Crippen LogP contribution >= 0.6 is 0 Å². The predicted octanol–water partition coefficient (Wildman–Crippen LogP) is 2.30. The van der Waals surface area contributed by atoms with Crippen LogP contribution in [0.5, 0.6) is 0 Å². The first-order valence-corrected chi connectivity index (χ1v) is 6.46. The molecule has 0 aliphatic carbocycles. The lowest BCUT2D eigenvalue weighted by Crippen LogP contribution is -2.28. The topological polar surface area (TPSA) is 40.5 Å². The molecule has 3 nitrogen and oxygen atoms in total. The summed E-state index contributed by atoms with van der Waals surface area (Å²) in [5, 5.41) is 7.00. The van der Waals surface area contributed by atoms with Crippen LogP contribution in [-0.4, -0.2) is 29.6 Å². The number of carbonyl (C=O) groups is 1. The van der Waals surface area contributed by atoms with Gasteiger partial charge in [0.1, 0.15) is 0 Å². The molecule has 1 unspecified atom stereocenters. The number of amides is 1. The van der Waals surface area contributed by atoms with E-state index in [4.69, 9.17) is 5.11 Å². The molecule has 100 valence electrons. The molecule has 1 saturated heterocycles. The first-order valence-electron chi connectivity index (χ1n) is 6.46. The lowest BCUT2D eigenvalue weighted by molar-refractivity contribution is -0.132. The molecule has 1 aliphatic heterocycles. The monoisotopic (exact) mass is 249 g/mol. The Labute approximate surface area is 109 Å². The fourth-order valence-electron chi connectivity index (χ4n) is 2.34. The van der Waals surface area contributed by atoms with E-state index in [9.17, 15) is 4.79 Å². The Morgan fingerprint density at radius 1 is 1.28 bits per heavy atom. The number of carbonyl (C=O) groups excluding carboxylic acids is 1. The summed E-state index contributed by atoms with van der Waals surface area (Å²) < 4.78 is 0. The lowest BCUT2D eigenvalue weighted by atomic mass is 9.95. The highest BCUT2D eigenvalue weighted by atomic mass is 16.2. The molecule has 0 spiro atoms. The molecule has 0 bridgehead atoms. The number of aliphatic hydroxyl groups is 1. The third-order valence-corrected chi connectivity index (χ3v) is 3.36. The van der Waals surface area contributed by atoms with Crippen LogP contribution in [0.25, 0.3) is 0 Å². The summed E-state index contributed by atoms with van der Waals surface area (Å²) >= 11 is 0. The fourth-order valence-corrected chi connectivity index (χ4v) is 2.34. The molecule has 0 saturated carbocycles. The third-order valence-electron chi connectivity index (χ3n) is 3.36. The summed E-state index contributed by atoms with van der Waals surface area (Å²) in [6.07, 6.45) is 1.02. The van der Waals surface area contributed by atoms with Crippen molar-refractivity contribution >= 4 is 5.91 Å². The maximum Gasteiger partial charge on any atom is 0.226 e. The van der Waals surface area contributed by atoms with Gasteiger partial charge in [-0.1, -0.05) is 44.2 Å². The summed E-state index contributed by atoms with van der Waals surface area (Å²) in [7, 11) is 1.00. The third kappa shape index (κ3) is 3.57. The molecule has 1 aromatic carbocycles. The molecule has 3 heteroatoms. The Hall–Kier alpha value is -1.35. The van der Waals surface area contributed by atoms with Gasteiger partial charge in [0.25, 0.3) is 0 Å². The summed E-state index contributed by atoms with van der Waals surface area (Å²) in [6.45, 7) is 5.95.